The summed E-state index contributed by atoms with van der Waals surface area (Å²) in [5, 5.41) is 2.76. The summed E-state index contributed by atoms with van der Waals surface area (Å²) in [6.07, 6.45) is 1.08. The molecule has 0 heterocycles. The first-order valence-corrected chi connectivity index (χ1v) is 8.79. The Labute approximate surface area is 160 Å². The van der Waals surface area contributed by atoms with Crippen LogP contribution in [-0.2, 0) is 22.4 Å². The molecule has 0 aliphatic heterocycles. The van der Waals surface area contributed by atoms with Gasteiger partial charge < -0.3 is 19.7 Å². The zero-order valence-electron chi connectivity index (χ0n) is 16.0. The van der Waals surface area contributed by atoms with Gasteiger partial charge in [-0.15, -0.1) is 0 Å². The molecule has 0 saturated heterocycles. The molecule has 0 aromatic heterocycles. The lowest BCUT2D eigenvalue weighted by Gasteiger charge is -2.22. The summed E-state index contributed by atoms with van der Waals surface area (Å²) in [5.74, 6) is 0.258. The van der Waals surface area contributed by atoms with Crippen LogP contribution >= 0.6 is 0 Å². The number of amides is 2. The van der Waals surface area contributed by atoms with Crippen LogP contribution in [0.25, 0.3) is 0 Å². The van der Waals surface area contributed by atoms with E-state index in [0.29, 0.717) is 13.0 Å². The van der Waals surface area contributed by atoms with Gasteiger partial charge in [0.05, 0.1) is 14.2 Å². The number of methoxy groups -OCH3 is 2. The van der Waals surface area contributed by atoms with Crippen molar-refractivity contribution in [1.82, 2.24) is 10.2 Å². The molecule has 27 heavy (non-hydrogen) atoms. The third-order valence-electron chi connectivity index (χ3n) is 4.31. The molecule has 0 fully saturated rings. The van der Waals surface area contributed by atoms with Crippen molar-refractivity contribution in [1.29, 1.82) is 0 Å². The number of hydrogen-bond acceptors (Lipinski definition) is 4. The van der Waals surface area contributed by atoms with Crippen LogP contribution in [0.3, 0.4) is 0 Å². The second kappa shape index (κ2) is 10.2. The second-order valence-corrected chi connectivity index (χ2v) is 6.23. The third-order valence-corrected chi connectivity index (χ3v) is 4.31. The Balaban J connectivity index is 1.94. The van der Waals surface area contributed by atoms with Gasteiger partial charge in [-0.2, -0.15) is 0 Å². The van der Waals surface area contributed by atoms with E-state index in [0.717, 1.165) is 23.3 Å². The highest BCUT2D eigenvalue weighted by Gasteiger charge is 2.23. The fourth-order valence-corrected chi connectivity index (χ4v) is 2.64. The molecular formula is C21H26N2O4. The summed E-state index contributed by atoms with van der Waals surface area (Å²) in [6, 6.07) is 16.2. The van der Waals surface area contributed by atoms with E-state index in [9.17, 15) is 9.59 Å². The van der Waals surface area contributed by atoms with E-state index in [1.54, 1.807) is 19.1 Å². The van der Waals surface area contributed by atoms with Gasteiger partial charge in [0.15, 0.2) is 0 Å². The quantitative estimate of drug-likeness (QED) is 0.726. The molecule has 0 saturated carbocycles. The maximum Gasteiger partial charge on any atom is 0.328 e. The Kier molecular flexibility index (Phi) is 7.67. The number of nitrogens with zero attached hydrogens (tertiary/aromatic N) is 1. The number of nitrogens with one attached hydrogen (secondary N) is 1. The maximum atomic E-state index is 12.5. The van der Waals surface area contributed by atoms with Crippen LogP contribution in [0.15, 0.2) is 54.6 Å². The van der Waals surface area contributed by atoms with Gasteiger partial charge in [-0.05, 0) is 29.7 Å². The molecule has 0 bridgehead atoms. The number of benzene rings is 2. The number of esters is 1. The molecule has 0 unspecified atom stereocenters. The van der Waals surface area contributed by atoms with E-state index >= 15 is 0 Å². The third kappa shape index (κ3) is 6.33. The summed E-state index contributed by atoms with van der Waals surface area (Å²) in [4.78, 5) is 26.1. The fraction of sp³-hybridized carbons (Fsp3) is 0.333. The molecule has 0 radical (unpaired) electrons. The molecule has 6 nitrogen and oxygen atoms in total. The van der Waals surface area contributed by atoms with Gasteiger partial charge in [0, 0.05) is 20.0 Å². The summed E-state index contributed by atoms with van der Waals surface area (Å²) in [7, 11) is 4.62. The van der Waals surface area contributed by atoms with Crippen molar-refractivity contribution in [3.8, 4) is 5.75 Å². The van der Waals surface area contributed by atoms with Crippen LogP contribution in [0.5, 0.6) is 5.75 Å². The monoisotopic (exact) mass is 370 g/mol. The van der Waals surface area contributed by atoms with E-state index in [1.165, 1.54) is 7.11 Å². The number of likely N-dealkylation sites (N-methyl/N-ethyl adjacent to an activating group) is 1. The summed E-state index contributed by atoms with van der Waals surface area (Å²) < 4.78 is 9.98. The molecule has 1 N–H and O–H groups in total. The van der Waals surface area contributed by atoms with Crippen molar-refractivity contribution in [3.05, 3.63) is 65.7 Å². The van der Waals surface area contributed by atoms with Gasteiger partial charge in [0.2, 0.25) is 0 Å². The van der Waals surface area contributed by atoms with Crippen LogP contribution in [0.2, 0.25) is 0 Å². The van der Waals surface area contributed by atoms with E-state index in [1.807, 2.05) is 54.6 Å². The number of carbonyl (C=O) groups is 2. The van der Waals surface area contributed by atoms with Crippen molar-refractivity contribution in [3.63, 3.8) is 0 Å². The predicted molar refractivity (Wildman–Crippen MR) is 104 cm³/mol. The Morgan fingerprint density at radius 2 is 1.67 bits per heavy atom. The lowest BCUT2D eigenvalue weighted by atomic mass is 10.1. The average Bonchev–Trinajstić information content (AvgIpc) is 2.72. The fourth-order valence-electron chi connectivity index (χ4n) is 2.64. The van der Waals surface area contributed by atoms with Crippen LogP contribution in [0.1, 0.15) is 11.1 Å². The Morgan fingerprint density at radius 1 is 1.00 bits per heavy atom. The number of urea groups is 1. The number of ether oxygens (including phenoxy) is 2. The van der Waals surface area contributed by atoms with Crippen molar-refractivity contribution in [2.75, 3.05) is 27.8 Å². The molecule has 6 heteroatoms. The van der Waals surface area contributed by atoms with Gasteiger partial charge in [0.1, 0.15) is 11.8 Å². The minimum absolute atomic E-state index is 0.310. The summed E-state index contributed by atoms with van der Waals surface area (Å²) >= 11 is 0. The first-order chi connectivity index (χ1) is 13.0. The van der Waals surface area contributed by atoms with E-state index in [4.69, 9.17) is 9.47 Å². The first kappa shape index (κ1) is 20.3. The Morgan fingerprint density at radius 3 is 2.26 bits per heavy atom. The molecular weight excluding hydrogens is 344 g/mol. The van der Waals surface area contributed by atoms with Gasteiger partial charge in [-0.1, -0.05) is 42.5 Å². The summed E-state index contributed by atoms with van der Waals surface area (Å²) in [5.41, 5.74) is 2.05. The van der Waals surface area contributed by atoms with Crippen LogP contribution in [0.4, 0.5) is 4.79 Å². The van der Waals surface area contributed by atoms with Gasteiger partial charge >= 0.3 is 12.0 Å². The Hall–Kier alpha value is -3.02. The average molecular weight is 370 g/mol. The normalized spacial score (nSPS) is 11.4. The predicted octanol–water partition coefficient (Wildman–Crippen LogP) is 2.66. The number of rotatable bonds is 8. The number of hydrogen-bond donors (Lipinski definition) is 1. The van der Waals surface area contributed by atoms with Crippen molar-refractivity contribution in [2.45, 2.75) is 18.9 Å². The molecule has 2 aromatic rings. The minimum Gasteiger partial charge on any atom is -0.497 e. The topological polar surface area (TPSA) is 67.9 Å². The molecule has 144 valence electrons. The maximum absolute atomic E-state index is 12.5. The van der Waals surface area contributed by atoms with E-state index < -0.39 is 12.0 Å². The molecule has 2 aromatic carbocycles. The number of carbonyl (C=O) groups excluding carboxylic acids is 2. The SMILES string of the molecule is COC(=O)[C@H](Cc1ccc(OC)cc1)NC(=O)N(C)CCc1ccccc1. The zero-order chi connectivity index (χ0) is 19.6. The first-order valence-electron chi connectivity index (χ1n) is 8.79. The molecule has 1 atom stereocenters. The van der Waals surface area contributed by atoms with Crippen molar-refractivity contribution < 1.29 is 19.1 Å². The van der Waals surface area contributed by atoms with Crippen molar-refractivity contribution >= 4 is 12.0 Å². The van der Waals surface area contributed by atoms with Crippen LogP contribution in [0, 0.1) is 0 Å². The summed E-state index contributed by atoms with van der Waals surface area (Å²) in [6.45, 7) is 0.548. The minimum atomic E-state index is -0.755. The molecule has 0 aliphatic rings. The van der Waals surface area contributed by atoms with E-state index in [-0.39, 0.29) is 6.03 Å². The van der Waals surface area contributed by atoms with Crippen LogP contribution < -0.4 is 10.1 Å². The molecule has 0 spiro atoms. The second-order valence-electron chi connectivity index (χ2n) is 6.23. The molecule has 2 amide bonds. The van der Waals surface area contributed by atoms with Gasteiger partial charge in [-0.25, -0.2) is 9.59 Å². The standard InChI is InChI=1S/C21H26N2O4/c1-23(14-13-16-7-5-4-6-8-16)21(25)22-19(20(24)27-3)15-17-9-11-18(26-2)12-10-17/h4-12,19H,13-15H2,1-3H3,(H,22,25)/t19-/m0/s1. The lowest BCUT2D eigenvalue weighted by molar-refractivity contribution is -0.142. The van der Waals surface area contributed by atoms with Gasteiger partial charge in [-0.3, -0.25) is 0 Å². The zero-order valence-corrected chi connectivity index (χ0v) is 16.0. The van der Waals surface area contributed by atoms with E-state index in [2.05, 4.69) is 5.32 Å². The largest absolute Gasteiger partial charge is 0.497 e. The van der Waals surface area contributed by atoms with Crippen LogP contribution in [-0.4, -0.2) is 50.8 Å². The molecule has 0 aliphatic carbocycles. The highest BCUT2D eigenvalue weighted by Crippen LogP contribution is 2.13. The lowest BCUT2D eigenvalue weighted by Crippen LogP contribution is -2.48. The smallest absolute Gasteiger partial charge is 0.328 e. The van der Waals surface area contributed by atoms with Crippen molar-refractivity contribution in [2.24, 2.45) is 0 Å². The highest BCUT2D eigenvalue weighted by molar-refractivity contribution is 5.83. The van der Waals surface area contributed by atoms with Gasteiger partial charge in [0.25, 0.3) is 0 Å². The molecule has 2 rings (SSSR count). The highest BCUT2D eigenvalue weighted by atomic mass is 16.5. The Bertz CT molecular complexity index is 732.